The van der Waals surface area contributed by atoms with Gasteiger partial charge in [-0.1, -0.05) is 29.4 Å². The van der Waals surface area contributed by atoms with Crippen LogP contribution in [0.3, 0.4) is 0 Å². The molecule has 0 spiro atoms. The smallest absolute Gasteiger partial charge is 0.522 e. The molecule has 0 heterocycles. The molecule has 2 N–H and O–H groups in total. The van der Waals surface area contributed by atoms with E-state index in [9.17, 15) is 9.59 Å². The van der Waals surface area contributed by atoms with Crippen molar-refractivity contribution >= 4 is 33.8 Å². The standard InChI is InChI=1S/C15H20NO2.C8H5BrO2.K/c1-11-8-9-13(10-14(11)18-2)16-15(17)12-6-4-3-5-7-12;1-5-6(4-10)2-3-7(11)8(5)9;/h3,8-10,12H,4-7H2,1-2H3,(H,16,17);2-3,11H,1H2;/q-1;-2;+1. The number of amides is 1. The first-order valence-electron chi connectivity index (χ1n) is 9.36. The van der Waals surface area contributed by atoms with Gasteiger partial charge in [-0.05, 0) is 24.8 Å². The summed E-state index contributed by atoms with van der Waals surface area (Å²) in [6.45, 7) is 5.57. The summed E-state index contributed by atoms with van der Waals surface area (Å²) in [5.41, 5.74) is 2.70. The number of rotatable bonds is 4. The molecule has 30 heavy (non-hydrogen) atoms. The summed E-state index contributed by atoms with van der Waals surface area (Å²) in [5, 5.41) is 12.1. The van der Waals surface area contributed by atoms with Gasteiger partial charge in [-0.3, -0.25) is 22.8 Å². The van der Waals surface area contributed by atoms with Gasteiger partial charge in [0.2, 0.25) is 5.91 Å². The van der Waals surface area contributed by atoms with Crippen LogP contribution in [0.5, 0.6) is 11.5 Å². The monoisotopic (exact) mass is 497 g/mol. The van der Waals surface area contributed by atoms with Crippen LogP contribution in [0.15, 0.2) is 34.8 Å². The summed E-state index contributed by atoms with van der Waals surface area (Å²) < 4.78 is 5.70. The van der Waals surface area contributed by atoms with Crippen LogP contribution in [0.25, 0.3) is 0 Å². The first-order chi connectivity index (χ1) is 13.9. The summed E-state index contributed by atoms with van der Waals surface area (Å²) in [6, 6.07) is 8.64. The molecule has 1 fully saturated rings. The molecule has 5 nitrogen and oxygen atoms in total. The van der Waals surface area contributed by atoms with Crippen molar-refractivity contribution in [2.45, 2.75) is 32.6 Å². The van der Waals surface area contributed by atoms with E-state index in [1.54, 1.807) is 13.4 Å². The van der Waals surface area contributed by atoms with E-state index in [0.717, 1.165) is 42.7 Å². The Labute approximate surface area is 229 Å². The van der Waals surface area contributed by atoms with Gasteiger partial charge in [0.1, 0.15) is 5.75 Å². The number of carbonyl (C=O) groups is 1. The number of hydrogen-bond donors (Lipinski definition) is 2. The summed E-state index contributed by atoms with van der Waals surface area (Å²) in [7, 11) is 1.64. The zero-order valence-electron chi connectivity index (χ0n) is 17.6. The second-order valence-corrected chi connectivity index (χ2v) is 7.63. The van der Waals surface area contributed by atoms with Gasteiger partial charge in [0.25, 0.3) is 0 Å². The first-order valence-corrected chi connectivity index (χ1v) is 10.2. The number of methoxy groups -OCH3 is 1. The molecule has 1 amide bonds. The predicted molar refractivity (Wildman–Crippen MR) is 118 cm³/mol. The first kappa shape index (κ1) is 27.2. The number of anilines is 1. The Hall–Kier alpha value is -0.834. The van der Waals surface area contributed by atoms with Crippen molar-refractivity contribution in [2.24, 2.45) is 5.92 Å². The van der Waals surface area contributed by atoms with Crippen LogP contribution >= 0.6 is 15.9 Å². The number of ether oxygens (including phenoxy) is 1. The molecule has 0 saturated heterocycles. The third-order valence-corrected chi connectivity index (χ3v) is 5.70. The number of carbonyl (C=O) groups excluding carboxylic acids is 2. The zero-order chi connectivity index (χ0) is 21.4. The van der Waals surface area contributed by atoms with Crippen LogP contribution < -0.4 is 61.4 Å². The fourth-order valence-electron chi connectivity index (χ4n) is 3.04. The molecule has 1 saturated carbocycles. The number of aryl methyl sites for hydroxylation is 1. The molecule has 156 valence electrons. The van der Waals surface area contributed by atoms with Gasteiger partial charge >= 0.3 is 51.4 Å². The Morgan fingerprint density at radius 3 is 2.57 bits per heavy atom. The maximum absolute atomic E-state index is 12.1. The quantitative estimate of drug-likeness (QED) is 0.501. The predicted octanol–water partition coefficient (Wildman–Crippen LogP) is 2.14. The zero-order valence-corrected chi connectivity index (χ0v) is 22.3. The van der Waals surface area contributed by atoms with E-state index in [-0.39, 0.29) is 69.0 Å². The number of benzene rings is 2. The third-order valence-electron chi connectivity index (χ3n) is 4.82. The molecule has 0 aliphatic heterocycles. The molecule has 0 unspecified atom stereocenters. The number of phenolic OH excluding ortho intramolecular Hbond substituents is 1. The molecule has 0 bridgehead atoms. The Morgan fingerprint density at radius 1 is 1.30 bits per heavy atom. The van der Waals surface area contributed by atoms with Crippen LogP contribution in [0.2, 0.25) is 0 Å². The van der Waals surface area contributed by atoms with E-state index in [4.69, 9.17) is 9.84 Å². The van der Waals surface area contributed by atoms with Gasteiger partial charge in [0, 0.05) is 17.7 Å². The fraction of sp³-hybridized carbons (Fsp3) is 0.304. The van der Waals surface area contributed by atoms with E-state index in [1.807, 2.05) is 25.1 Å². The molecule has 0 atom stereocenters. The van der Waals surface area contributed by atoms with E-state index in [2.05, 4.69) is 34.6 Å². The Morgan fingerprint density at radius 2 is 1.97 bits per heavy atom. The maximum atomic E-state index is 12.1. The SMILES string of the molecule is COc1cc(NC(=O)C2CC[CH-]CC2)ccc1C.[CH2-]c1c([C-]=O)ccc(O)c1Br.[K+]. The van der Waals surface area contributed by atoms with E-state index in [0.29, 0.717) is 15.6 Å². The minimum atomic E-state index is 0. The van der Waals surface area contributed by atoms with Crippen molar-refractivity contribution < 1.29 is 70.8 Å². The van der Waals surface area contributed by atoms with Gasteiger partial charge in [0.15, 0.2) is 0 Å². The van der Waals surface area contributed by atoms with Crippen molar-refractivity contribution in [3.05, 3.63) is 64.8 Å². The van der Waals surface area contributed by atoms with Crippen molar-refractivity contribution in [1.29, 1.82) is 0 Å². The normalized spacial score (nSPS) is 13.3. The van der Waals surface area contributed by atoms with Crippen LogP contribution in [0.4, 0.5) is 5.69 Å². The molecule has 0 aromatic heterocycles. The minimum absolute atomic E-state index is 0. The van der Waals surface area contributed by atoms with Gasteiger partial charge in [-0.25, -0.2) is 6.07 Å². The molecule has 7 heteroatoms. The van der Waals surface area contributed by atoms with Gasteiger partial charge in [0.05, 0.1) is 12.9 Å². The molecule has 2 aromatic rings. The topological polar surface area (TPSA) is 75.6 Å². The van der Waals surface area contributed by atoms with Crippen LogP contribution in [0.1, 0.15) is 42.4 Å². The molecular formula is C23H25BrKNO4-2. The summed E-state index contributed by atoms with van der Waals surface area (Å²) in [5.74, 6) is 1.18. The van der Waals surface area contributed by atoms with E-state index >= 15 is 0 Å². The summed E-state index contributed by atoms with van der Waals surface area (Å²) in [6.07, 6.45) is 8.01. The second-order valence-electron chi connectivity index (χ2n) is 6.84. The van der Waals surface area contributed by atoms with Crippen molar-refractivity contribution in [1.82, 2.24) is 0 Å². The molecule has 2 aromatic carbocycles. The third kappa shape index (κ3) is 7.69. The van der Waals surface area contributed by atoms with Crippen LogP contribution in [0, 0.1) is 26.2 Å². The van der Waals surface area contributed by atoms with Crippen molar-refractivity contribution in [2.75, 3.05) is 12.4 Å². The summed E-state index contributed by atoms with van der Waals surface area (Å²) >= 11 is 3.08. The second kappa shape index (κ2) is 13.6. The average molecular weight is 498 g/mol. The maximum Gasteiger partial charge on any atom is 1.00 e. The van der Waals surface area contributed by atoms with Gasteiger partial charge < -0.3 is 26.4 Å². The van der Waals surface area contributed by atoms with E-state index in [1.165, 1.54) is 12.1 Å². The van der Waals surface area contributed by atoms with Gasteiger partial charge in [-0.15, -0.1) is 15.9 Å². The van der Waals surface area contributed by atoms with Crippen molar-refractivity contribution in [3.8, 4) is 11.5 Å². The molecule has 3 rings (SSSR count). The molecular weight excluding hydrogens is 473 g/mol. The number of nitrogens with one attached hydrogen (secondary N) is 1. The summed E-state index contributed by atoms with van der Waals surface area (Å²) in [4.78, 5) is 22.3. The fourth-order valence-corrected chi connectivity index (χ4v) is 3.38. The number of phenols is 1. The Kier molecular flexibility index (Phi) is 12.3. The Bertz CT molecular complexity index is 867. The number of halogens is 1. The van der Waals surface area contributed by atoms with Crippen LogP contribution in [-0.2, 0) is 9.59 Å². The molecule has 0 radical (unpaired) electrons. The number of aromatic hydroxyl groups is 1. The van der Waals surface area contributed by atoms with E-state index < -0.39 is 0 Å². The Balaban J connectivity index is 0.000000324. The largest absolute Gasteiger partial charge is 1.00 e. The number of hydrogen-bond acceptors (Lipinski definition) is 4. The van der Waals surface area contributed by atoms with Crippen molar-refractivity contribution in [3.63, 3.8) is 0 Å². The van der Waals surface area contributed by atoms with Crippen LogP contribution in [-0.4, -0.2) is 24.4 Å². The minimum Gasteiger partial charge on any atom is -0.522 e. The molecule has 1 aliphatic carbocycles. The average Bonchev–Trinajstić information content (AvgIpc) is 2.74. The van der Waals surface area contributed by atoms with Gasteiger partial charge in [-0.2, -0.15) is 12.8 Å². The molecule has 1 aliphatic rings.